The first kappa shape index (κ1) is 11.6. The van der Waals surface area contributed by atoms with Gasteiger partial charge in [-0.2, -0.15) is 0 Å². The molecule has 1 unspecified atom stereocenters. The number of benzene rings is 1. The molecule has 0 bridgehead atoms. The van der Waals surface area contributed by atoms with Crippen molar-refractivity contribution in [1.29, 1.82) is 0 Å². The Morgan fingerprint density at radius 3 is 2.94 bits per heavy atom. The molecule has 88 valence electrons. The highest BCUT2D eigenvalue weighted by atomic mass is 16.3. The van der Waals surface area contributed by atoms with Crippen molar-refractivity contribution in [1.82, 2.24) is 4.90 Å². The first-order chi connectivity index (χ1) is 7.74. The number of aryl methyl sites for hydroxylation is 1. The Morgan fingerprint density at radius 2 is 2.25 bits per heavy atom. The van der Waals surface area contributed by atoms with Crippen molar-refractivity contribution in [3.63, 3.8) is 0 Å². The first-order valence-electron chi connectivity index (χ1n) is 6.19. The normalized spacial score (nSPS) is 20.8. The maximum atomic E-state index is 9.01. The van der Waals surface area contributed by atoms with Crippen LogP contribution in [-0.2, 0) is 13.0 Å². The SMILES string of the molecule is CCc1ccc2c(c1)CN(CCO)CC2C. The molecule has 1 aromatic carbocycles. The third-order valence-corrected chi connectivity index (χ3v) is 3.49. The number of hydrogen-bond donors (Lipinski definition) is 1. The van der Waals surface area contributed by atoms with Crippen molar-refractivity contribution >= 4 is 0 Å². The topological polar surface area (TPSA) is 23.5 Å². The lowest BCUT2D eigenvalue weighted by atomic mass is 9.89. The fourth-order valence-electron chi connectivity index (χ4n) is 2.60. The summed E-state index contributed by atoms with van der Waals surface area (Å²) < 4.78 is 0. The monoisotopic (exact) mass is 219 g/mol. The van der Waals surface area contributed by atoms with E-state index in [1.807, 2.05) is 0 Å². The van der Waals surface area contributed by atoms with Crippen molar-refractivity contribution in [2.75, 3.05) is 19.7 Å². The molecule has 16 heavy (non-hydrogen) atoms. The molecule has 2 nitrogen and oxygen atoms in total. The summed E-state index contributed by atoms with van der Waals surface area (Å²) in [6, 6.07) is 6.86. The predicted octanol–water partition coefficient (Wildman–Crippen LogP) is 2.16. The molecular formula is C14H21NO. The van der Waals surface area contributed by atoms with Crippen LogP contribution in [0.25, 0.3) is 0 Å². The van der Waals surface area contributed by atoms with E-state index >= 15 is 0 Å². The van der Waals surface area contributed by atoms with Crippen molar-refractivity contribution in [3.05, 3.63) is 34.9 Å². The molecule has 0 radical (unpaired) electrons. The lowest BCUT2D eigenvalue weighted by Crippen LogP contribution is -2.34. The number of aliphatic hydroxyl groups excluding tert-OH is 1. The number of hydrogen-bond acceptors (Lipinski definition) is 2. The van der Waals surface area contributed by atoms with Crippen LogP contribution in [0.4, 0.5) is 0 Å². The summed E-state index contributed by atoms with van der Waals surface area (Å²) in [5.74, 6) is 0.584. The number of aliphatic hydroxyl groups is 1. The molecule has 0 saturated carbocycles. The molecule has 1 heterocycles. The summed E-state index contributed by atoms with van der Waals surface area (Å²) in [6.07, 6.45) is 1.10. The molecule has 0 fully saturated rings. The minimum atomic E-state index is 0.259. The van der Waals surface area contributed by atoms with Gasteiger partial charge in [0, 0.05) is 19.6 Å². The van der Waals surface area contributed by atoms with E-state index in [0.29, 0.717) is 5.92 Å². The summed E-state index contributed by atoms with van der Waals surface area (Å²) in [4.78, 5) is 2.34. The van der Waals surface area contributed by atoms with E-state index in [9.17, 15) is 0 Å². The van der Waals surface area contributed by atoms with Crippen LogP contribution in [0.5, 0.6) is 0 Å². The third-order valence-electron chi connectivity index (χ3n) is 3.49. The Bertz CT molecular complexity index is 362. The molecule has 2 heteroatoms. The standard InChI is InChI=1S/C14H21NO/c1-3-12-4-5-14-11(2)9-15(6-7-16)10-13(14)8-12/h4-5,8,11,16H,3,6-7,9-10H2,1-2H3. The van der Waals surface area contributed by atoms with Crippen molar-refractivity contribution in [2.24, 2.45) is 0 Å². The van der Waals surface area contributed by atoms with Gasteiger partial charge in [-0.15, -0.1) is 0 Å². The summed E-state index contributed by atoms with van der Waals surface area (Å²) in [7, 11) is 0. The van der Waals surface area contributed by atoms with E-state index in [1.54, 1.807) is 0 Å². The van der Waals surface area contributed by atoms with Gasteiger partial charge in [0.25, 0.3) is 0 Å². The zero-order valence-corrected chi connectivity index (χ0v) is 10.2. The van der Waals surface area contributed by atoms with E-state index in [1.165, 1.54) is 16.7 Å². The first-order valence-corrected chi connectivity index (χ1v) is 6.19. The molecule has 0 spiro atoms. The smallest absolute Gasteiger partial charge is 0.0558 e. The Morgan fingerprint density at radius 1 is 1.44 bits per heavy atom. The van der Waals surface area contributed by atoms with Gasteiger partial charge >= 0.3 is 0 Å². The summed E-state index contributed by atoms with van der Waals surface area (Å²) in [5.41, 5.74) is 4.36. The predicted molar refractivity (Wildman–Crippen MR) is 66.6 cm³/mol. The maximum Gasteiger partial charge on any atom is 0.0558 e. The fraction of sp³-hybridized carbons (Fsp3) is 0.571. The molecule has 1 aliphatic rings. The number of nitrogens with zero attached hydrogens (tertiary/aromatic N) is 1. The molecule has 0 saturated heterocycles. The molecule has 1 N–H and O–H groups in total. The lowest BCUT2D eigenvalue weighted by molar-refractivity contribution is 0.175. The molecule has 1 aliphatic heterocycles. The second-order valence-electron chi connectivity index (χ2n) is 4.75. The van der Waals surface area contributed by atoms with E-state index in [-0.39, 0.29) is 6.61 Å². The Balaban J connectivity index is 2.24. The van der Waals surface area contributed by atoms with E-state index in [2.05, 4.69) is 36.9 Å². The molecule has 1 aromatic rings. The van der Waals surface area contributed by atoms with Gasteiger partial charge in [-0.25, -0.2) is 0 Å². The van der Waals surface area contributed by atoms with Crippen LogP contribution in [0.3, 0.4) is 0 Å². The van der Waals surface area contributed by atoms with Crippen molar-refractivity contribution < 1.29 is 5.11 Å². The van der Waals surface area contributed by atoms with Crippen LogP contribution >= 0.6 is 0 Å². The molecule has 0 aliphatic carbocycles. The van der Waals surface area contributed by atoms with Gasteiger partial charge in [0.1, 0.15) is 0 Å². The van der Waals surface area contributed by atoms with Crippen LogP contribution in [0.1, 0.15) is 36.5 Å². The molecule has 2 rings (SSSR count). The number of β-amino-alcohol motifs (C(OH)–C–C–N with tert-alkyl or cyclic N) is 1. The van der Waals surface area contributed by atoms with Crippen LogP contribution in [-0.4, -0.2) is 29.7 Å². The van der Waals surface area contributed by atoms with Gasteiger partial charge in [-0.3, -0.25) is 4.90 Å². The van der Waals surface area contributed by atoms with Crippen LogP contribution in [0, 0.1) is 0 Å². The Kier molecular flexibility index (Phi) is 3.62. The average Bonchev–Trinajstić information content (AvgIpc) is 2.28. The van der Waals surface area contributed by atoms with Crippen LogP contribution in [0.2, 0.25) is 0 Å². The van der Waals surface area contributed by atoms with Crippen molar-refractivity contribution in [3.8, 4) is 0 Å². The van der Waals surface area contributed by atoms with Gasteiger partial charge < -0.3 is 5.11 Å². The fourth-order valence-corrected chi connectivity index (χ4v) is 2.60. The van der Waals surface area contributed by atoms with Gasteiger partial charge in [0.15, 0.2) is 0 Å². The maximum absolute atomic E-state index is 9.01. The summed E-state index contributed by atoms with van der Waals surface area (Å²) in [5, 5.41) is 9.01. The summed E-state index contributed by atoms with van der Waals surface area (Å²) in [6.45, 7) is 7.58. The zero-order valence-electron chi connectivity index (χ0n) is 10.2. The van der Waals surface area contributed by atoms with E-state index in [4.69, 9.17) is 5.11 Å². The quantitative estimate of drug-likeness (QED) is 0.842. The highest BCUT2D eigenvalue weighted by Crippen LogP contribution is 2.28. The van der Waals surface area contributed by atoms with Crippen molar-refractivity contribution in [2.45, 2.75) is 32.7 Å². The largest absolute Gasteiger partial charge is 0.395 e. The molecule has 1 atom stereocenters. The van der Waals surface area contributed by atoms with Gasteiger partial charge in [-0.05, 0) is 29.0 Å². The van der Waals surface area contributed by atoms with Gasteiger partial charge in [-0.1, -0.05) is 32.0 Å². The summed E-state index contributed by atoms with van der Waals surface area (Å²) >= 11 is 0. The number of rotatable bonds is 3. The van der Waals surface area contributed by atoms with Crippen LogP contribution in [0.15, 0.2) is 18.2 Å². The van der Waals surface area contributed by atoms with E-state index < -0.39 is 0 Å². The van der Waals surface area contributed by atoms with E-state index in [0.717, 1.165) is 26.1 Å². The highest BCUT2D eigenvalue weighted by Gasteiger charge is 2.21. The molecule has 0 aromatic heterocycles. The second kappa shape index (κ2) is 4.98. The van der Waals surface area contributed by atoms with Crippen LogP contribution < -0.4 is 0 Å². The number of fused-ring (bicyclic) bond motifs is 1. The third kappa shape index (κ3) is 2.28. The second-order valence-corrected chi connectivity index (χ2v) is 4.75. The minimum absolute atomic E-state index is 0.259. The zero-order chi connectivity index (χ0) is 11.5. The minimum Gasteiger partial charge on any atom is -0.395 e. The molecule has 0 amide bonds. The Hall–Kier alpha value is -0.860. The van der Waals surface area contributed by atoms with Gasteiger partial charge in [0.2, 0.25) is 0 Å². The van der Waals surface area contributed by atoms with Gasteiger partial charge in [0.05, 0.1) is 6.61 Å². The highest BCUT2D eigenvalue weighted by molar-refractivity contribution is 5.36. The lowest BCUT2D eigenvalue weighted by Gasteiger charge is -2.32. The average molecular weight is 219 g/mol. The molecular weight excluding hydrogens is 198 g/mol. The Labute approximate surface area is 97.9 Å².